The van der Waals surface area contributed by atoms with Crippen molar-refractivity contribution in [1.29, 1.82) is 0 Å². The molecule has 0 radical (unpaired) electrons. The third kappa shape index (κ3) is 2.71. The Morgan fingerprint density at radius 1 is 1.41 bits per heavy atom. The van der Waals surface area contributed by atoms with Crippen LogP contribution in [-0.2, 0) is 6.54 Å². The van der Waals surface area contributed by atoms with Crippen LogP contribution in [0.15, 0.2) is 28.9 Å². The highest BCUT2D eigenvalue weighted by atomic mass is 19.1. The summed E-state index contributed by atoms with van der Waals surface area (Å²) in [5.41, 5.74) is 2.47. The van der Waals surface area contributed by atoms with E-state index in [9.17, 15) is 4.39 Å². The first kappa shape index (κ1) is 11.8. The molecule has 0 saturated carbocycles. The lowest BCUT2D eigenvalue weighted by atomic mass is 10.1. The lowest BCUT2D eigenvalue weighted by molar-refractivity contribution is 0.568. The van der Waals surface area contributed by atoms with Crippen LogP contribution in [0.5, 0.6) is 0 Å². The topological polar surface area (TPSA) is 38.1 Å². The van der Waals surface area contributed by atoms with Crippen molar-refractivity contribution in [1.82, 2.24) is 10.3 Å². The first-order valence-corrected chi connectivity index (χ1v) is 5.62. The Balaban J connectivity index is 2.27. The lowest BCUT2D eigenvalue weighted by Crippen LogP contribution is -2.11. The summed E-state index contributed by atoms with van der Waals surface area (Å²) in [6.45, 7) is 5.47. The predicted octanol–water partition coefficient (Wildman–Crippen LogP) is 2.90. The standard InChI is InChI=1S/C13H15FN2O/c1-3-15-7-11-8-17-13(16-11)12-6-10(14)5-4-9(12)2/h4-6,8,15H,3,7H2,1-2H3. The van der Waals surface area contributed by atoms with Gasteiger partial charge in [0.15, 0.2) is 0 Å². The van der Waals surface area contributed by atoms with Crippen molar-refractivity contribution in [3.63, 3.8) is 0 Å². The van der Waals surface area contributed by atoms with Crippen LogP contribution in [0.1, 0.15) is 18.2 Å². The van der Waals surface area contributed by atoms with Gasteiger partial charge in [0.1, 0.15) is 12.1 Å². The predicted molar refractivity (Wildman–Crippen MR) is 64.0 cm³/mol. The summed E-state index contributed by atoms with van der Waals surface area (Å²) in [6.07, 6.45) is 1.60. The van der Waals surface area contributed by atoms with Crippen molar-refractivity contribution in [2.45, 2.75) is 20.4 Å². The number of oxazole rings is 1. The number of aryl methyl sites for hydroxylation is 1. The minimum atomic E-state index is -0.281. The fourth-order valence-electron chi connectivity index (χ4n) is 1.59. The number of benzene rings is 1. The number of hydrogen-bond acceptors (Lipinski definition) is 3. The molecular formula is C13H15FN2O. The van der Waals surface area contributed by atoms with Crippen LogP contribution < -0.4 is 5.32 Å². The van der Waals surface area contributed by atoms with Crippen LogP contribution in [0, 0.1) is 12.7 Å². The largest absolute Gasteiger partial charge is 0.444 e. The van der Waals surface area contributed by atoms with Crippen LogP contribution >= 0.6 is 0 Å². The summed E-state index contributed by atoms with van der Waals surface area (Å²) in [6, 6.07) is 4.60. The molecule has 3 nitrogen and oxygen atoms in total. The Morgan fingerprint density at radius 3 is 3.00 bits per heavy atom. The highest BCUT2D eigenvalue weighted by molar-refractivity contribution is 5.58. The maximum absolute atomic E-state index is 13.2. The average molecular weight is 234 g/mol. The Bertz CT molecular complexity index is 508. The summed E-state index contributed by atoms with van der Waals surface area (Å²) in [7, 11) is 0. The summed E-state index contributed by atoms with van der Waals surface area (Å²) in [5.74, 6) is 0.187. The number of aromatic nitrogens is 1. The highest BCUT2D eigenvalue weighted by Crippen LogP contribution is 2.23. The van der Waals surface area contributed by atoms with Crippen molar-refractivity contribution < 1.29 is 8.81 Å². The Labute approximate surface area is 99.7 Å². The molecule has 2 aromatic rings. The third-order valence-corrected chi connectivity index (χ3v) is 2.54. The van der Waals surface area contributed by atoms with E-state index >= 15 is 0 Å². The zero-order valence-corrected chi connectivity index (χ0v) is 9.96. The van der Waals surface area contributed by atoms with Gasteiger partial charge < -0.3 is 9.73 Å². The minimum absolute atomic E-state index is 0.281. The smallest absolute Gasteiger partial charge is 0.226 e. The molecule has 4 heteroatoms. The fraction of sp³-hybridized carbons (Fsp3) is 0.308. The molecule has 0 bridgehead atoms. The van der Waals surface area contributed by atoms with Gasteiger partial charge in [0.25, 0.3) is 0 Å². The van der Waals surface area contributed by atoms with Gasteiger partial charge in [-0.05, 0) is 31.2 Å². The van der Waals surface area contributed by atoms with Gasteiger partial charge in [-0.2, -0.15) is 0 Å². The number of nitrogens with one attached hydrogen (secondary N) is 1. The minimum Gasteiger partial charge on any atom is -0.444 e. The average Bonchev–Trinajstić information content (AvgIpc) is 2.78. The molecule has 1 N–H and O–H groups in total. The molecule has 0 fully saturated rings. The summed E-state index contributed by atoms with van der Waals surface area (Å²) < 4.78 is 18.5. The first-order chi connectivity index (χ1) is 8.20. The van der Waals surface area contributed by atoms with Crippen LogP contribution in [-0.4, -0.2) is 11.5 Å². The maximum Gasteiger partial charge on any atom is 0.226 e. The molecule has 0 aliphatic heterocycles. The number of hydrogen-bond donors (Lipinski definition) is 1. The zero-order valence-electron chi connectivity index (χ0n) is 9.96. The molecule has 0 unspecified atom stereocenters. The Kier molecular flexibility index (Phi) is 3.54. The van der Waals surface area contributed by atoms with Gasteiger partial charge in [-0.1, -0.05) is 13.0 Å². The van der Waals surface area contributed by atoms with E-state index in [0.29, 0.717) is 18.0 Å². The molecule has 2 rings (SSSR count). The van der Waals surface area contributed by atoms with Crippen molar-refractivity contribution in [3.05, 3.63) is 41.5 Å². The number of halogens is 1. The molecule has 0 saturated heterocycles. The van der Waals surface area contributed by atoms with E-state index in [0.717, 1.165) is 17.8 Å². The van der Waals surface area contributed by atoms with Gasteiger partial charge in [-0.25, -0.2) is 9.37 Å². The van der Waals surface area contributed by atoms with Gasteiger partial charge in [0.2, 0.25) is 5.89 Å². The molecule has 90 valence electrons. The first-order valence-electron chi connectivity index (χ1n) is 5.62. The van der Waals surface area contributed by atoms with Crippen molar-refractivity contribution in [3.8, 4) is 11.5 Å². The molecule has 1 heterocycles. The van der Waals surface area contributed by atoms with E-state index in [-0.39, 0.29) is 5.82 Å². The van der Waals surface area contributed by atoms with Crippen LogP contribution in [0.25, 0.3) is 11.5 Å². The molecule has 0 spiro atoms. The SMILES string of the molecule is CCNCc1coc(-c2cc(F)ccc2C)n1. The second kappa shape index (κ2) is 5.10. The fourth-order valence-corrected chi connectivity index (χ4v) is 1.59. The van der Waals surface area contributed by atoms with E-state index in [4.69, 9.17) is 4.42 Å². The molecule has 0 amide bonds. The van der Waals surface area contributed by atoms with Crippen molar-refractivity contribution in [2.75, 3.05) is 6.54 Å². The van der Waals surface area contributed by atoms with Gasteiger partial charge in [-0.15, -0.1) is 0 Å². The highest BCUT2D eigenvalue weighted by Gasteiger charge is 2.10. The molecule has 17 heavy (non-hydrogen) atoms. The molecule has 0 aliphatic carbocycles. The second-order valence-corrected chi connectivity index (χ2v) is 3.88. The molecule has 0 atom stereocenters. The quantitative estimate of drug-likeness (QED) is 0.884. The number of nitrogens with zero attached hydrogens (tertiary/aromatic N) is 1. The zero-order chi connectivity index (χ0) is 12.3. The van der Waals surface area contributed by atoms with E-state index in [1.165, 1.54) is 12.1 Å². The van der Waals surface area contributed by atoms with Gasteiger partial charge >= 0.3 is 0 Å². The van der Waals surface area contributed by atoms with E-state index in [2.05, 4.69) is 10.3 Å². The monoisotopic (exact) mass is 234 g/mol. The maximum atomic E-state index is 13.2. The second-order valence-electron chi connectivity index (χ2n) is 3.88. The Hall–Kier alpha value is -1.68. The Morgan fingerprint density at radius 2 is 2.24 bits per heavy atom. The summed E-state index contributed by atoms with van der Waals surface area (Å²) in [5, 5.41) is 3.16. The van der Waals surface area contributed by atoms with E-state index < -0.39 is 0 Å². The van der Waals surface area contributed by atoms with Crippen LogP contribution in [0.2, 0.25) is 0 Å². The van der Waals surface area contributed by atoms with Crippen LogP contribution in [0.4, 0.5) is 4.39 Å². The van der Waals surface area contributed by atoms with Gasteiger partial charge in [0.05, 0.1) is 5.69 Å². The van der Waals surface area contributed by atoms with Crippen LogP contribution in [0.3, 0.4) is 0 Å². The molecule has 1 aromatic heterocycles. The van der Waals surface area contributed by atoms with Gasteiger partial charge in [-0.3, -0.25) is 0 Å². The molecule has 1 aromatic carbocycles. The van der Waals surface area contributed by atoms with Gasteiger partial charge in [0, 0.05) is 12.1 Å². The molecular weight excluding hydrogens is 219 g/mol. The molecule has 0 aliphatic rings. The lowest BCUT2D eigenvalue weighted by Gasteiger charge is -2.00. The number of rotatable bonds is 4. The van der Waals surface area contributed by atoms with E-state index in [1.807, 2.05) is 13.8 Å². The normalized spacial score (nSPS) is 10.8. The third-order valence-electron chi connectivity index (χ3n) is 2.54. The van der Waals surface area contributed by atoms with E-state index in [1.54, 1.807) is 12.3 Å². The summed E-state index contributed by atoms with van der Waals surface area (Å²) in [4.78, 5) is 4.32. The van der Waals surface area contributed by atoms with Crippen molar-refractivity contribution >= 4 is 0 Å². The summed E-state index contributed by atoms with van der Waals surface area (Å²) >= 11 is 0. The van der Waals surface area contributed by atoms with Crippen molar-refractivity contribution in [2.24, 2.45) is 0 Å².